The van der Waals surface area contributed by atoms with Gasteiger partial charge in [0.05, 0.1) is 5.56 Å². The summed E-state index contributed by atoms with van der Waals surface area (Å²) in [5.74, 6) is -0.643. The third kappa shape index (κ3) is 2.42. The van der Waals surface area contributed by atoms with Crippen LogP contribution in [0.25, 0.3) is 0 Å². The fourth-order valence-corrected chi connectivity index (χ4v) is 2.23. The molecule has 0 radical (unpaired) electrons. The van der Waals surface area contributed by atoms with Gasteiger partial charge in [-0.1, -0.05) is 6.92 Å². The molecule has 1 aliphatic rings. The highest BCUT2D eigenvalue weighted by Gasteiger charge is 2.21. The van der Waals surface area contributed by atoms with E-state index in [4.69, 9.17) is 10.2 Å². The van der Waals surface area contributed by atoms with E-state index < -0.39 is 5.97 Å². The third-order valence-electron chi connectivity index (χ3n) is 3.16. The van der Waals surface area contributed by atoms with Gasteiger partial charge in [0.15, 0.2) is 0 Å². The summed E-state index contributed by atoms with van der Waals surface area (Å²) in [6.45, 7) is 3.90. The lowest BCUT2D eigenvalue weighted by atomic mass is 10.1. The predicted octanol–water partition coefficient (Wildman–Crippen LogP) is 1.38. The molecule has 0 saturated carbocycles. The van der Waals surface area contributed by atoms with E-state index in [-0.39, 0.29) is 12.5 Å². The first-order chi connectivity index (χ1) is 8.11. The van der Waals surface area contributed by atoms with Gasteiger partial charge in [0, 0.05) is 25.4 Å². The van der Waals surface area contributed by atoms with Crippen LogP contribution in [0.5, 0.6) is 0 Å². The molecule has 1 unspecified atom stereocenters. The van der Waals surface area contributed by atoms with Crippen molar-refractivity contribution in [3.8, 4) is 0 Å². The number of hydrogen-bond acceptors (Lipinski definition) is 3. The SMILES string of the molecule is CC(CO)CN1CCc2cc(C(=O)O)ccc21. The van der Waals surface area contributed by atoms with E-state index in [9.17, 15) is 4.79 Å². The molecular weight excluding hydrogens is 218 g/mol. The third-order valence-corrected chi connectivity index (χ3v) is 3.16. The van der Waals surface area contributed by atoms with E-state index >= 15 is 0 Å². The minimum absolute atomic E-state index is 0.180. The number of benzene rings is 1. The zero-order valence-corrected chi connectivity index (χ0v) is 9.89. The lowest BCUT2D eigenvalue weighted by Crippen LogP contribution is -2.27. The van der Waals surface area contributed by atoms with Gasteiger partial charge in [-0.05, 0) is 36.1 Å². The molecule has 92 valence electrons. The summed E-state index contributed by atoms with van der Waals surface area (Å²) >= 11 is 0. The van der Waals surface area contributed by atoms with E-state index in [1.807, 2.05) is 13.0 Å². The Morgan fingerprint density at radius 3 is 2.94 bits per heavy atom. The van der Waals surface area contributed by atoms with Crippen molar-refractivity contribution < 1.29 is 15.0 Å². The van der Waals surface area contributed by atoms with Gasteiger partial charge in [0.2, 0.25) is 0 Å². The van der Waals surface area contributed by atoms with Crippen molar-refractivity contribution in [3.05, 3.63) is 29.3 Å². The van der Waals surface area contributed by atoms with Crippen molar-refractivity contribution in [1.82, 2.24) is 0 Å². The highest BCUT2D eigenvalue weighted by Crippen LogP contribution is 2.29. The van der Waals surface area contributed by atoms with Crippen LogP contribution in [0.15, 0.2) is 18.2 Å². The Kier molecular flexibility index (Phi) is 3.33. The van der Waals surface area contributed by atoms with Crippen LogP contribution in [-0.4, -0.2) is 35.9 Å². The second-order valence-corrected chi connectivity index (χ2v) is 4.63. The second-order valence-electron chi connectivity index (χ2n) is 4.63. The molecule has 4 nitrogen and oxygen atoms in total. The molecule has 1 aliphatic heterocycles. The number of carbonyl (C=O) groups is 1. The van der Waals surface area contributed by atoms with E-state index in [2.05, 4.69) is 4.90 Å². The number of carboxylic acids is 1. The van der Waals surface area contributed by atoms with Crippen molar-refractivity contribution in [2.75, 3.05) is 24.6 Å². The van der Waals surface area contributed by atoms with Gasteiger partial charge in [-0.25, -0.2) is 4.79 Å². The standard InChI is InChI=1S/C13H17NO3/c1-9(8-15)7-14-5-4-10-6-11(13(16)17)2-3-12(10)14/h2-3,6,9,15H,4-5,7-8H2,1H3,(H,16,17). The summed E-state index contributed by atoms with van der Waals surface area (Å²) in [6, 6.07) is 5.26. The molecule has 1 aromatic carbocycles. The molecule has 2 N–H and O–H groups in total. The average Bonchev–Trinajstić information content (AvgIpc) is 2.71. The summed E-state index contributed by atoms with van der Waals surface area (Å²) in [5.41, 5.74) is 2.55. The monoisotopic (exact) mass is 235 g/mol. The number of carboxylic acid groups (broad SMARTS) is 1. The lowest BCUT2D eigenvalue weighted by molar-refractivity contribution is 0.0697. The van der Waals surface area contributed by atoms with Gasteiger partial charge in [-0.3, -0.25) is 0 Å². The molecule has 0 aromatic heterocycles. The zero-order chi connectivity index (χ0) is 12.4. The molecular formula is C13H17NO3. The minimum Gasteiger partial charge on any atom is -0.478 e. The first kappa shape index (κ1) is 11.9. The van der Waals surface area contributed by atoms with Crippen LogP contribution in [0.1, 0.15) is 22.8 Å². The predicted molar refractivity (Wildman–Crippen MR) is 65.6 cm³/mol. The second kappa shape index (κ2) is 4.75. The van der Waals surface area contributed by atoms with Crippen molar-refractivity contribution in [2.24, 2.45) is 5.92 Å². The Morgan fingerprint density at radius 1 is 1.53 bits per heavy atom. The van der Waals surface area contributed by atoms with Gasteiger partial charge in [-0.2, -0.15) is 0 Å². The average molecular weight is 235 g/mol. The molecule has 0 amide bonds. The maximum Gasteiger partial charge on any atom is 0.335 e. The summed E-state index contributed by atoms with van der Waals surface area (Å²) in [7, 11) is 0. The fourth-order valence-electron chi connectivity index (χ4n) is 2.23. The molecule has 0 saturated heterocycles. The molecule has 2 rings (SSSR count). The Labute approximate surface area is 100 Å². The molecule has 1 heterocycles. The molecule has 0 fully saturated rings. The van der Waals surface area contributed by atoms with Crippen LogP contribution in [0, 0.1) is 5.92 Å². The van der Waals surface area contributed by atoms with E-state index in [1.54, 1.807) is 12.1 Å². The molecule has 0 spiro atoms. The number of nitrogens with zero attached hydrogens (tertiary/aromatic N) is 1. The van der Waals surface area contributed by atoms with E-state index in [0.717, 1.165) is 30.8 Å². The molecule has 1 atom stereocenters. The Morgan fingerprint density at radius 2 is 2.29 bits per heavy atom. The van der Waals surface area contributed by atoms with Crippen LogP contribution >= 0.6 is 0 Å². The fraction of sp³-hybridized carbons (Fsp3) is 0.462. The topological polar surface area (TPSA) is 60.8 Å². The highest BCUT2D eigenvalue weighted by molar-refractivity contribution is 5.88. The summed E-state index contributed by atoms with van der Waals surface area (Å²) < 4.78 is 0. The Hall–Kier alpha value is -1.55. The van der Waals surface area contributed by atoms with Gasteiger partial charge < -0.3 is 15.1 Å². The van der Waals surface area contributed by atoms with Crippen molar-refractivity contribution in [2.45, 2.75) is 13.3 Å². The van der Waals surface area contributed by atoms with Gasteiger partial charge in [0.1, 0.15) is 0 Å². The Balaban J connectivity index is 2.19. The number of fused-ring (bicyclic) bond motifs is 1. The van der Waals surface area contributed by atoms with Crippen LogP contribution in [0.2, 0.25) is 0 Å². The number of hydrogen-bond donors (Lipinski definition) is 2. The first-order valence-electron chi connectivity index (χ1n) is 5.84. The normalized spacial score (nSPS) is 15.8. The highest BCUT2D eigenvalue weighted by atomic mass is 16.4. The molecule has 17 heavy (non-hydrogen) atoms. The number of aliphatic hydroxyl groups is 1. The Bertz CT molecular complexity index is 431. The van der Waals surface area contributed by atoms with Crippen LogP contribution in [0.4, 0.5) is 5.69 Å². The quantitative estimate of drug-likeness (QED) is 0.827. The lowest BCUT2D eigenvalue weighted by Gasteiger charge is -2.22. The maximum atomic E-state index is 10.9. The van der Waals surface area contributed by atoms with E-state index in [0.29, 0.717) is 5.56 Å². The molecule has 1 aromatic rings. The van der Waals surface area contributed by atoms with Gasteiger partial charge in [0.25, 0.3) is 0 Å². The molecule has 0 aliphatic carbocycles. The number of anilines is 1. The number of aliphatic hydroxyl groups excluding tert-OH is 1. The summed E-state index contributed by atoms with van der Waals surface area (Å²) in [6.07, 6.45) is 0.884. The zero-order valence-electron chi connectivity index (χ0n) is 9.89. The van der Waals surface area contributed by atoms with Crippen molar-refractivity contribution in [1.29, 1.82) is 0 Å². The van der Waals surface area contributed by atoms with Gasteiger partial charge in [-0.15, -0.1) is 0 Å². The molecule has 4 heteroatoms. The molecule has 0 bridgehead atoms. The first-order valence-corrected chi connectivity index (χ1v) is 5.84. The summed E-state index contributed by atoms with van der Waals surface area (Å²) in [5, 5.41) is 18.0. The van der Waals surface area contributed by atoms with Crippen LogP contribution in [0.3, 0.4) is 0 Å². The van der Waals surface area contributed by atoms with Crippen molar-refractivity contribution >= 4 is 11.7 Å². The largest absolute Gasteiger partial charge is 0.478 e. The number of rotatable bonds is 4. The number of aromatic carboxylic acids is 1. The van der Waals surface area contributed by atoms with Crippen molar-refractivity contribution in [3.63, 3.8) is 0 Å². The van der Waals surface area contributed by atoms with Crippen LogP contribution < -0.4 is 4.90 Å². The minimum atomic E-state index is -0.880. The maximum absolute atomic E-state index is 10.9. The van der Waals surface area contributed by atoms with E-state index in [1.165, 1.54) is 0 Å². The summed E-state index contributed by atoms with van der Waals surface area (Å²) in [4.78, 5) is 13.1. The smallest absolute Gasteiger partial charge is 0.335 e. The van der Waals surface area contributed by atoms with Gasteiger partial charge >= 0.3 is 5.97 Å². The van der Waals surface area contributed by atoms with Crippen LogP contribution in [-0.2, 0) is 6.42 Å².